The number of hydrogen-bond acceptors (Lipinski definition) is 6. The van der Waals surface area contributed by atoms with Crippen molar-refractivity contribution in [2.24, 2.45) is 0 Å². The van der Waals surface area contributed by atoms with E-state index >= 15 is 0 Å². The Balaban J connectivity index is 1.68. The van der Waals surface area contributed by atoms with Gasteiger partial charge in [0, 0.05) is 31.7 Å². The van der Waals surface area contributed by atoms with E-state index in [4.69, 9.17) is 0 Å². The van der Waals surface area contributed by atoms with Gasteiger partial charge in [-0.3, -0.25) is 0 Å². The summed E-state index contributed by atoms with van der Waals surface area (Å²) < 4.78 is 0. The first kappa shape index (κ1) is 13.9. The van der Waals surface area contributed by atoms with Crippen molar-refractivity contribution in [1.29, 1.82) is 0 Å². The smallest absolute Gasteiger partial charge is 0.191 e. The van der Waals surface area contributed by atoms with Crippen molar-refractivity contribution in [2.75, 3.05) is 37.0 Å². The number of piperidine rings is 1. The lowest BCUT2D eigenvalue weighted by atomic mass is 9.97. The summed E-state index contributed by atoms with van der Waals surface area (Å²) in [5, 5.41) is 7.53. The second-order valence-corrected chi connectivity index (χ2v) is 6.35. The molecule has 0 amide bonds. The summed E-state index contributed by atoms with van der Waals surface area (Å²) in [7, 11) is 1.90. The summed E-state index contributed by atoms with van der Waals surface area (Å²) in [6.45, 7) is 2.52. The van der Waals surface area contributed by atoms with Crippen LogP contribution in [0.2, 0.25) is 0 Å². The molecule has 2 aliphatic heterocycles. The molecule has 2 N–H and O–H groups in total. The zero-order chi connectivity index (χ0) is 13.9. The molecular weight excluding hydrogens is 270 g/mol. The lowest BCUT2D eigenvalue weighted by Crippen LogP contribution is -2.42. The average Bonchev–Trinajstić information content (AvgIpc) is 2.94. The molecule has 110 valence electrons. The van der Waals surface area contributed by atoms with E-state index in [1.54, 1.807) is 11.8 Å². The molecule has 0 bridgehead atoms. The van der Waals surface area contributed by atoms with Crippen LogP contribution in [0, 0.1) is 0 Å². The van der Waals surface area contributed by atoms with Crippen molar-refractivity contribution in [1.82, 2.24) is 14.9 Å². The summed E-state index contributed by atoms with van der Waals surface area (Å²) in [5.41, 5.74) is 0. The Bertz CT molecular complexity index is 445. The van der Waals surface area contributed by atoms with Crippen molar-refractivity contribution in [3.63, 3.8) is 0 Å². The highest BCUT2D eigenvalue weighted by atomic mass is 32.2. The standard InChI is InChI=1S/C14H23N5S/c1-15-12-9-13(18-14(17-12)20-2)16-10-5-7-19-6-3-4-11(19)8-10/h9-11H,3-8H2,1-2H3,(H2,15,16,17,18). The molecular formula is C14H23N5S. The molecule has 2 aliphatic rings. The van der Waals surface area contributed by atoms with Crippen LogP contribution in [0.25, 0.3) is 0 Å². The Morgan fingerprint density at radius 1 is 1.25 bits per heavy atom. The van der Waals surface area contributed by atoms with Gasteiger partial charge in [0.15, 0.2) is 5.16 Å². The van der Waals surface area contributed by atoms with Crippen LogP contribution < -0.4 is 10.6 Å². The summed E-state index contributed by atoms with van der Waals surface area (Å²) in [6, 6.07) is 3.33. The SMILES string of the molecule is CNc1cc(NC2CCN3CCCC3C2)nc(SC)n1. The summed E-state index contributed by atoms with van der Waals surface area (Å²) >= 11 is 1.58. The summed E-state index contributed by atoms with van der Waals surface area (Å²) in [6.07, 6.45) is 7.19. The molecule has 0 aromatic carbocycles. The van der Waals surface area contributed by atoms with Crippen LogP contribution in [0.1, 0.15) is 25.7 Å². The third-order valence-electron chi connectivity index (χ3n) is 4.32. The third kappa shape index (κ3) is 3.01. The zero-order valence-electron chi connectivity index (χ0n) is 12.2. The Kier molecular flexibility index (Phi) is 4.31. The Morgan fingerprint density at radius 2 is 2.10 bits per heavy atom. The topological polar surface area (TPSA) is 53.1 Å². The molecule has 0 spiro atoms. The normalized spacial score (nSPS) is 26.3. The largest absolute Gasteiger partial charge is 0.373 e. The van der Waals surface area contributed by atoms with E-state index in [9.17, 15) is 0 Å². The predicted molar refractivity (Wildman–Crippen MR) is 84.6 cm³/mol. The number of thioether (sulfide) groups is 1. The molecule has 0 radical (unpaired) electrons. The van der Waals surface area contributed by atoms with E-state index in [1.807, 2.05) is 19.4 Å². The molecule has 1 aromatic rings. The van der Waals surface area contributed by atoms with Gasteiger partial charge in [0.1, 0.15) is 11.6 Å². The fourth-order valence-electron chi connectivity index (χ4n) is 3.28. The van der Waals surface area contributed by atoms with E-state index in [2.05, 4.69) is 25.5 Å². The van der Waals surface area contributed by atoms with Gasteiger partial charge in [-0.15, -0.1) is 0 Å². The number of nitrogens with one attached hydrogen (secondary N) is 2. The molecule has 2 atom stereocenters. The van der Waals surface area contributed by atoms with Crippen molar-refractivity contribution in [3.05, 3.63) is 6.07 Å². The average molecular weight is 293 g/mol. The Morgan fingerprint density at radius 3 is 2.90 bits per heavy atom. The number of hydrogen-bond donors (Lipinski definition) is 2. The minimum absolute atomic E-state index is 0.545. The fourth-order valence-corrected chi connectivity index (χ4v) is 3.66. The lowest BCUT2D eigenvalue weighted by Gasteiger charge is -2.35. The summed E-state index contributed by atoms with van der Waals surface area (Å²) in [5.74, 6) is 1.83. The molecule has 3 heterocycles. The number of nitrogens with zero attached hydrogens (tertiary/aromatic N) is 3. The minimum Gasteiger partial charge on any atom is -0.373 e. The fraction of sp³-hybridized carbons (Fsp3) is 0.714. The second-order valence-electron chi connectivity index (χ2n) is 5.57. The van der Waals surface area contributed by atoms with Crippen LogP contribution in [-0.4, -0.2) is 53.3 Å². The first-order valence-corrected chi connectivity index (χ1v) is 8.62. The van der Waals surface area contributed by atoms with Gasteiger partial charge in [-0.1, -0.05) is 11.8 Å². The maximum atomic E-state index is 4.57. The highest BCUT2D eigenvalue weighted by molar-refractivity contribution is 7.98. The van der Waals surface area contributed by atoms with Crippen molar-refractivity contribution < 1.29 is 0 Å². The Labute approximate surface area is 124 Å². The number of fused-ring (bicyclic) bond motifs is 1. The van der Waals surface area contributed by atoms with Crippen LogP contribution >= 0.6 is 11.8 Å². The van der Waals surface area contributed by atoms with E-state index in [0.717, 1.165) is 22.8 Å². The third-order valence-corrected chi connectivity index (χ3v) is 4.86. The maximum absolute atomic E-state index is 4.57. The predicted octanol–water partition coefficient (Wildman–Crippen LogP) is 2.28. The van der Waals surface area contributed by atoms with Gasteiger partial charge in [-0.05, 0) is 38.5 Å². The van der Waals surface area contributed by atoms with Crippen LogP contribution in [0.4, 0.5) is 11.6 Å². The lowest BCUT2D eigenvalue weighted by molar-refractivity contribution is 0.188. The molecule has 20 heavy (non-hydrogen) atoms. The highest BCUT2D eigenvalue weighted by Gasteiger charge is 2.31. The van der Waals surface area contributed by atoms with Gasteiger partial charge in [-0.2, -0.15) is 0 Å². The van der Waals surface area contributed by atoms with E-state index in [1.165, 1.54) is 38.8 Å². The second kappa shape index (κ2) is 6.18. The molecule has 0 aliphatic carbocycles. The first-order valence-electron chi connectivity index (χ1n) is 7.40. The van der Waals surface area contributed by atoms with Crippen LogP contribution in [0.5, 0.6) is 0 Å². The molecule has 0 saturated carbocycles. The van der Waals surface area contributed by atoms with Crippen LogP contribution in [-0.2, 0) is 0 Å². The van der Waals surface area contributed by atoms with E-state index in [-0.39, 0.29) is 0 Å². The van der Waals surface area contributed by atoms with Gasteiger partial charge >= 0.3 is 0 Å². The quantitative estimate of drug-likeness (QED) is 0.656. The molecule has 3 rings (SSSR count). The molecule has 6 heteroatoms. The highest BCUT2D eigenvalue weighted by Crippen LogP contribution is 2.28. The van der Waals surface area contributed by atoms with Crippen LogP contribution in [0.15, 0.2) is 11.2 Å². The van der Waals surface area contributed by atoms with Gasteiger partial charge in [0.2, 0.25) is 0 Å². The van der Waals surface area contributed by atoms with E-state index < -0.39 is 0 Å². The summed E-state index contributed by atoms with van der Waals surface area (Å²) in [4.78, 5) is 11.6. The van der Waals surface area contributed by atoms with Gasteiger partial charge < -0.3 is 15.5 Å². The molecule has 1 aromatic heterocycles. The molecule has 5 nitrogen and oxygen atoms in total. The number of anilines is 2. The van der Waals surface area contributed by atoms with Crippen LogP contribution in [0.3, 0.4) is 0 Å². The van der Waals surface area contributed by atoms with Crippen molar-refractivity contribution >= 4 is 23.4 Å². The molecule has 2 fully saturated rings. The monoisotopic (exact) mass is 293 g/mol. The Hall–Kier alpha value is -1.01. The van der Waals surface area contributed by atoms with Gasteiger partial charge in [-0.25, -0.2) is 9.97 Å². The molecule has 2 saturated heterocycles. The van der Waals surface area contributed by atoms with Gasteiger partial charge in [0.05, 0.1) is 0 Å². The first-order chi connectivity index (χ1) is 9.78. The number of rotatable bonds is 4. The molecule has 2 unspecified atom stereocenters. The maximum Gasteiger partial charge on any atom is 0.191 e. The zero-order valence-corrected chi connectivity index (χ0v) is 13.0. The number of aromatic nitrogens is 2. The van der Waals surface area contributed by atoms with Gasteiger partial charge in [0.25, 0.3) is 0 Å². The van der Waals surface area contributed by atoms with Crippen molar-refractivity contribution in [2.45, 2.75) is 42.9 Å². The van der Waals surface area contributed by atoms with E-state index in [0.29, 0.717) is 6.04 Å². The van der Waals surface area contributed by atoms with Crippen molar-refractivity contribution in [3.8, 4) is 0 Å². The minimum atomic E-state index is 0.545.